The van der Waals surface area contributed by atoms with Gasteiger partial charge in [0.05, 0.1) is 0 Å². The Kier molecular flexibility index (Phi) is 5.07. The van der Waals surface area contributed by atoms with E-state index in [4.69, 9.17) is 4.74 Å². The number of hydrogen-bond acceptors (Lipinski definition) is 2. The van der Waals surface area contributed by atoms with Gasteiger partial charge in [0.25, 0.3) is 0 Å². The molecular weight excluding hydrogens is 290 g/mol. The van der Waals surface area contributed by atoms with Crippen molar-refractivity contribution >= 4 is 15.9 Å². The first-order valence-corrected chi connectivity index (χ1v) is 7.55. The first-order valence-electron chi connectivity index (χ1n) is 6.76. The molecule has 18 heavy (non-hydrogen) atoms. The zero-order valence-electron chi connectivity index (χ0n) is 11.2. The van der Waals surface area contributed by atoms with Gasteiger partial charge in [0.2, 0.25) is 0 Å². The smallest absolute Gasteiger partial charge is 0.119 e. The molecule has 0 aliphatic carbocycles. The number of likely N-dealkylation sites (tertiary alicyclic amines) is 1. The van der Waals surface area contributed by atoms with Crippen molar-refractivity contribution in [2.45, 2.75) is 20.3 Å². The van der Waals surface area contributed by atoms with Crippen molar-refractivity contribution in [3.63, 3.8) is 0 Å². The van der Waals surface area contributed by atoms with Crippen molar-refractivity contribution < 1.29 is 4.74 Å². The fraction of sp³-hybridized carbons (Fsp3) is 0.600. The van der Waals surface area contributed by atoms with Gasteiger partial charge < -0.3 is 4.74 Å². The van der Waals surface area contributed by atoms with E-state index in [1.165, 1.54) is 19.5 Å². The van der Waals surface area contributed by atoms with Gasteiger partial charge in [0, 0.05) is 17.6 Å². The van der Waals surface area contributed by atoms with Crippen molar-refractivity contribution in [3.8, 4) is 5.75 Å². The molecule has 1 aliphatic heterocycles. The van der Waals surface area contributed by atoms with Gasteiger partial charge in [-0.25, -0.2) is 0 Å². The van der Waals surface area contributed by atoms with Gasteiger partial charge in [-0.1, -0.05) is 29.8 Å². The molecule has 1 aromatic carbocycles. The number of rotatable bonds is 4. The molecule has 2 nitrogen and oxygen atoms in total. The summed E-state index contributed by atoms with van der Waals surface area (Å²) in [7, 11) is 0. The second kappa shape index (κ2) is 6.58. The topological polar surface area (TPSA) is 12.5 Å². The second-order valence-corrected chi connectivity index (χ2v) is 6.26. The van der Waals surface area contributed by atoms with E-state index in [9.17, 15) is 0 Å². The lowest BCUT2D eigenvalue weighted by molar-refractivity contribution is 0.119. The molecule has 2 rings (SSSR count). The zero-order valence-corrected chi connectivity index (χ0v) is 12.8. The molecule has 2 atom stereocenters. The minimum absolute atomic E-state index is 0.780. The van der Waals surface area contributed by atoms with Crippen molar-refractivity contribution in [1.82, 2.24) is 4.90 Å². The summed E-state index contributed by atoms with van der Waals surface area (Å²) in [5.41, 5.74) is 0. The molecule has 1 saturated heterocycles. The summed E-state index contributed by atoms with van der Waals surface area (Å²) < 4.78 is 6.85. The molecule has 0 bridgehead atoms. The van der Waals surface area contributed by atoms with Crippen molar-refractivity contribution in [2.24, 2.45) is 11.8 Å². The lowest BCUT2D eigenvalue weighted by Crippen LogP contribution is -2.40. The maximum Gasteiger partial charge on any atom is 0.119 e. The van der Waals surface area contributed by atoms with Crippen LogP contribution in [-0.2, 0) is 0 Å². The lowest BCUT2D eigenvalue weighted by Gasteiger charge is -2.35. The molecule has 2 unspecified atom stereocenters. The third-order valence-corrected chi connectivity index (χ3v) is 4.44. The highest BCUT2D eigenvalue weighted by molar-refractivity contribution is 9.10. The Labute approximate surface area is 118 Å². The molecule has 100 valence electrons. The summed E-state index contributed by atoms with van der Waals surface area (Å²) in [5, 5.41) is 0. The number of hydrogen-bond donors (Lipinski definition) is 0. The molecule has 0 N–H and O–H groups in total. The minimum atomic E-state index is 0.780. The standard InChI is InChI=1S/C15H22BrNO/c1-12-7-8-17(11-13(12)2)9-10-18-15-5-3-14(16)4-6-15/h3-6,12-13H,7-11H2,1-2H3. The lowest BCUT2D eigenvalue weighted by atomic mass is 9.89. The maximum absolute atomic E-state index is 5.76. The Morgan fingerprint density at radius 2 is 1.94 bits per heavy atom. The van der Waals surface area contributed by atoms with Gasteiger partial charge in [-0.15, -0.1) is 0 Å². The first kappa shape index (κ1) is 13.9. The Morgan fingerprint density at radius 3 is 2.61 bits per heavy atom. The van der Waals surface area contributed by atoms with E-state index in [1.54, 1.807) is 0 Å². The van der Waals surface area contributed by atoms with Crippen LogP contribution >= 0.6 is 15.9 Å². The summed E-state index contributed by atoms with van der Waals surface area (Å²) in [6.45, 7) is 8.96. The summed E-state index contributed by atoms with van der Waals surface area (Å²) in [5.74, 6) is 2.64. The Bertz CT molecular complexity index is 365. The van der Waals surface area contributed by atoms with E-state index in [-0.39, 0.29) is 0 Å². The van der Waals surface area contributed by atoms with Crippen LogP contribution in [0.5, 0.6) is 5.75 Å². The molecular formula is C15H22BrNO. The molecule has 3 heteroatoms. The van der Waals surface area contributed by atoms with Crippen molar-refractivity contribution in [1.29, 1.82) is 0 Å². The predicted octanol–water partition coefficient (Wildman–Crippen LogP) is 3.81. The summed E-state index contributed by atoms with van der Waals surface area (Å²) in [6, 6.07) is 8.04. The van der Waals surface area contributed by atoms with Gasteiger partial charge in [-0.2, -0.15) is 0 Å². The number of ether oxygens (including phenoxy) is 1. The Morgan fingerprint density at radius 1 is 1.22 bits per heavy atom. The van der Waals surface area contributed by atoms with Crippen LogP contribution in [-0.4, -0.2) is 31.1 Å². The Hall–Kier alpha value is -0.540. The average Bonchev–Trinajstić information content (AvgIpc) is 2.36. The van der Waals surface area contributed by atoms with Crippen LogP contribution in [0.1, 0.15) is 20.3 Å². The largest absolute Gasteiger partial charge is 0.492 e. The van der Waals surface area contributed by atoms with Gasteiger partial charge in [-0.3, -0.25) is 4.90 Å². The fourth-order valence-corrected chi connectivity index (χ4v) is 2.64. The maximum atomic E-state index is 5.76. The molecule has 1 aromatic rings. The van der Waals surface area contributed by atoms with Crippen molar-refractivity contribution in [3.05, 3.63) is 28.7 Å². The van der Waals surface area contributed by atoms with Crippen molar-refractivity contribution in [2.75, 3.05) is 26.2 Å². The molecule has 0 aromatic heterocycles. The van der Waals surface area contributed by atoms with E-state index in [0.717, 1.165) is 35.2 Å². The number of piperidine rings is 1. The predicted molar refractivity (Wildman–Crippen MR) is 79.0 cm³/mol. The van der Waals surface area contributed by atoms with Gasteiger partial charge in [0.15, 0.2) is 0 Å². The fourth-order valence-electron chi connectivity index (χ4n) is 2.38. The quantitative estimate of drug-likeness (QED) is 0.838. The SMILES string of the molecule is CC1CCN(CCOc2ccc(Br)cc2)CC1C. The van der Waals surface area contributed by atoms with E-state index < -0.39 is 0 Å². The van der Waals surface area contributed by atoms with E-state index in [0.29, 0.717) is 0 Å². The second-order valence-electron chi connectivity index (χ2n) is 5.35. The molecule has 0 radical (unpaired) electrons. The first-order chi connectivity index (χ1) is 8.65. The molecule has 1 fully saturated rings. The van der Waals surface area contributed by atoms with Crippen LogP contribution in [0.4, 0.5) is 0 Å². The van der Waals surface area contributed by atoms with Gasteiger partial charge >= 0.3 is 0 Å². The molecule has 1 aliphatic rings. The Balaban J connectivity index is 1.71. The van der Waals surface area contributed by atoms with Gasteiger partial charge in [0.1, 0.15) is 12.4 Å². The third-order valence-electron chi connectivity index (χ3n) is 3.91. The zero-order chi connectivity index (χ0) is 13.0. The number of halogens is 1. The van der Waals surface area contributed by atoms with E-state index >= 15 is 0 Å². The van der Waals surface area contributed by atoms with Gasteiger partial charge in [-0.05, 0) is 49.1 Å². The molecule has 0 saturated carbocycles. The highest BCUT2D eigenvalue weighted by Gasteiger charge is 2.22. The summed E-state index contributed by atoms with van der Waals surface area (Å²) in [6.07, 6.45) is 1.32. The average molecular weight is 312 g/mol. The molecule has 0 spiro atoms. The normalized spacial score (nSPS) is 25.1. The minimum Gasteiger partial charge on any atom is -0.492 e. The van der Waals surface area contributed by atoms with Crippen LogP contribution in [0.15, 0.2) is 28.7 Å². The molecule has 0 amide bonds. The van der Waals surface area contributed by atoms with E-state index in [2.05, 4.69) is 34.7 Å². The van der Waals surface area contributed by atoms with Crippen LogP contribution < -0.4 is 4.74 Å². The molecule has 1 heterocycles. The highest BCUT2D eigenvalue weighted by atomic mass is 79.9. The number of benzene rings is 1. The third kappa shape index (κ3) is 3.99. The monoisotopic (exact) mass is 311 g/mol. The van der Waals surface area contributed by atoms with E-state index in [1.807, 2.05) is 24.3 Å². The van der Waals surface area contributed by atoms with Crippen LogP contribution in [0.3, 0.4) is 0 Å². The van der Waals surface area contributed by atoms with Crippen LogP contribution in [0.2, 0.25) is 0 Å². The highest BCUT2D eigenvalue weighted by Crippen LogP contribution is 2.22. The summed E-state index contributed by atoms with van der Waals surface area (Å²) in [4.78, 5) is 2.52. The van der Waals surface area contributed by atoms with Crippen LogP contribution in [0.25, 0.3) is 0 Å². The van der Waals surface area contributed by atoms with Crippen LogP contribution in [0, 0.1) is 11.8 Å². The number of nitrogens with zero attached hydrogens (tertiary/aromatic N) is 1. The summed E-state index contributed by atoms with van der Waals surface area (Å²) >= 11 is 3.42.